The lowest BCUT2D eigenvalue weighted by atomic mass is 10.2. The molecule has 1 aliphatic rings. The van der Waals surface area contributed by atoms with Gasteiger partial charge in [-0.2, -0.15) is 8.73 Å². The van der Waals surface area contributed by atoms with Crippen LogP contribution < -0.4 is 5.32 Å². The van der Waals surface area contributed by atoms with E-state index in [1.165, 1.54) is 0 Å². The second-order valence-electron chi connectivity index (χ2n) is 4.64. The zero-order chi connectivity index (χ0) is 15.2. The first-order valence-electron chi connectivity index (χ1n) is 6.73. The number of anilines is 1. The number of nitrogens with zero attached hydrogens (tertiary/aromatic N) is 2. The maximum Gasteiger partial charge on any atom is 0.130 e. The Bertz CT molecular complexity index is 577. The largest absolute Gasteiger partial charge is 0.389 e. The first-order valence-corrected chi connectivity index (χ1v) is 8.22. The Morgan fingerprint density at radius 1 is 1.33 bits per heavy atom. The maximum atomic E-state index is 9.89. The van der Waals surface area contributed by atoms with Crippen molar-refractivity contribution in [2.24, 2.45) is 8.73 Å². The van der Waals surface area contributed by atoms with E-state index in [1.807, 2.05) is 0 Å². The minimum Gasteiger partial charge on any atom is -0.389 e. The van der Waals surface area contributed by atoms with Gasteiger partial charge in [0, 0.05) is 13.2 Å². The van der Waals surface area contributed by atoms with Gasteiger partial charge in [-0.05, 0) is 12.5 Å². The van der Waals surface area contributed by atoms with Gasteiger partial charge in [-0.1, -0.05) is 36.5 Å². The molecule has 116 valence electrons. The van der Waals surface area contributed by atoms with Crippen LogP contribution in [0, 0.1) is 0 Å². The summed E-state index contributed by atoms with van der Waals surface area (Å²) < 4.78 is 13.7. The molecule has 0 fully saturated rings. The highest BCUT2D eigenvalue weighted by atomic mass is 35.5. The molecule has 1 atom stereocenters. The molecule has 21 heavy (non-hydrogen) atoms. The van der Waals surface area contributed by atoms with Crippen LogP contribution in [0.1, 0.15) is 19.8 Å². The quantitative estimate of drug-likeness (QED) is 0.697. The molecule has 0 aliphatic carbocycles. The Morgan fingerprint density at radius 2 is 2.10 bits per heavy atom. The molecule has 0 amide bonds. The molecule has 1 unspecified atom stereocenters. The normalized spacial score (nSPS) is 13.9. The van der Waals surface area contributed by atoms with Crippen molar-refractivity contribution in [3.8, 4) is 0 Å². The predicted octanol–water partition coefficient (Wildman–Crippen LogP) is 4.31. The first-order chi connectivity index (χ1) is 10.1. The third-order valence-corrected chi connectivity index (χ3v) is 4.03. The lowest BCUT2D eigenvalue weighted by Gasteiger charge is -2.15. The number of rotatable bonds is 8. The second kappa shape index (κ2) is 8.10. The topological polar surface area (TPSA) is 66.2 Å². The maximum absolute atomic E-state index is 9.89. The highest BCUT2D eigenvalue weighted by Gasteiger charge is 2.19. The average Bonchev–Trinajstić information content (AvgIpc) is 2.93. The molecule has 5 nitrogen and oxygen atoms in total. The number of fused-ring (bicyclic) bond motifs is 1. The van der Waals surface area contributed by atoms with Gasteiger partial charge in [0.05, 0.1) is 39.8 Å². The lowest BCUT2D eigenvalue weighted by Crippen LogP contribution is -2.25. The molecule has 1 heterocycles. The molecule has 0 radical (unpaired) electrons. The second-order valence-corrected chi connectivity index (χ2v) is 5.98. The fourth-order valence-electron chi connectivity index (χ4n) is 1.79. The Balaban J connectivity index is 1.92. The SMILES string of the molecule is CCCCOCC(O)CNc1c(Cl)cc(Cl)c2c1N=S=N2. The van der Waals surface area contributed by atoms with E-state index in [0.717, 1.165) is 24.2 Å². The van der Waals surface area contributed by atoms with Crippen LogP contribution in [0.15, 0.2) is 14.8 Å². The number of hydrogen-bond acceptors (Lipinski definition) is 5. The van der Waals surface area contributed by atoms with Crippen LogP contribution in [-0.2, 0) is 16.1 Å². The highest BCUT2D eigenvalue weighted by Crippen LogP contribution is 2.47. The van der Waals surface area contributed by atoms with E-state index in [-0.39, 0.29) is 6.61 Å². The Morgan fingerprint density at radius 3 is 2.86 bits per heavy atom. The van der Waals surface area contributed by atoms with Crippen molar-refractivity contribution in [2.45, 2.75) is 25.9 Å². The summed E-state index contributed by atoms with van der Waals surface area (Å²) in [6, 6.07) is 1.62. The van der Waals surface area contributed by atoms with Gasteiger partial charge in [0.15, 0.2) is 0 Å². The molecule has 0 aromatic heterocycles. The molecule has 0 saturated carbocycles. The molecule has 2 rings (SSSR count). The molecule has 0 saturated heterocycles. The smallest absolute Gasteiger partial charge is 0.130 e. The minimum absolute atomic E-state index is 0.288. The zero-order valence-electron chi connectivity index (χ0n) is 11.6. The number of halogens is 2. The summed E-state index contributed by atoms with van der Waals surface area (Å²) in [7, 11) is 0. The van der Waals surface area contributed by atoms with Crippen molar-refractivity contribution in [3.05, 3.63) is 16.1 Å². The van der Waals surface area contributed by atoms with E-state index in [0.29, 0.717) is 40.3 Å². The predicted molar refractivity (Wildman–Crippen MR) is 88.2 cm³/mol. The van der Waals surface area contributed by atoms with Crippen LogP contribution in [-0.4, -0.2) is 31.0 Å². The molecule has 0 bridgehead atoms. The molecule has 2 N–H and O–H groups in total. The Kier molecular flexibility index (Phi) is 6.44. The number of aliphatic hydroxyl groups excluding tert-OH is 1. The highest BCUT2D eigenvalue weighted by molar-refractivity contribution is 7.58. The van der Waals surface area contributed by atoms with Gasteiger partial charge < -0.3 is 15.2 Å². The summed E-state index contributed by atoms with van der Waals surface area (Å²) in [5.41, 5.74) is 1.87. The molecular weight excluding hydrogens is 333 g/mol. The van der Waals surface area contributed by atoms with Crippen LogP contribution in [0.2, 0.25) is 10.0 Å². The van der Waals surface area contributed by atoms with Crippen molar-refractivity contribution >= 4 is 51.6 Å². The van der Waals surface area contributed by atoms with E-state index in [4.69, 9.17) is 27.9 Å². The van der Waals surface area contributed by atoms with E-state index < -0.39 is 6.10 Å². The molecule has 1 aliphatic heterocycles. The summed E-state index contributed by atoms with van der Waals surface area (Å²) in [4.78, 5) is 0. The number of ether oxygens (including phenoxy) is 1. The summed E-state index contributed by atoms with van der Waals surface area (Å²) in [5, 5.41) is 13.9. The van der Waals surface area contributed by atoms with Crippen molar-refractivity contribution in [1.82, 2.24) is 0 Å². The van der Waals surface area contributed by atoms with Gasteiger partial charge >= 0.3 is 0 Å². The van der Waals surface area contributed by atoms with Gasteiger partial charge in [-0.25, -0.2) is 0 Å². The van der Waals surface area contributed by atoms with Crippen LogP contribution in [0.3, 0.4) is 0 Å². The molecule has 1 aromatic rings. The third kappa shape index (κ3) is 4.40. The summed E-state index contributed by atoms with van der Waals surface area (Å²) in [6.45, 7) is 3.36. The average molecular weight is 350 g/mol. The fraction of sp³-hybridized carbons (Fsp3) is 0.538. The first kappa shape index (κ1) is 16.7. The molecule has 0 spiro atoms. The van der Waals surface area contributed by atoms with Gasteiger partial charge in [0.2, 0.25) is 0 Å². The zero-order valence-corrected chi connectivity index (χ0v) is 13.9. The standard InChI is InChI=1S/C13H17Cl2N3O2S/c1-2-3-4-20-7-8(19)6-16-11-9(14)5-10(15)12-13(11)18-21-17-12/h5,8,16,19H,2-4,6-7H2,1H3. The van der Waals surface area contributed by atoms with E-state index >= 15 is 0 Å². The minimum atomic E-state index is -0.616. The third-order valence-electron chi connectivity index (χ3n) is 2.91. The van der Waals surface area contributed by atoms with Crippen LogP contribution in [0.25, 0.3) is 0 Å². The van der Waals surface area contributed by atoms with E-state index in [9.17, 15) is 5.11 Å². The van der Waals surface area contributed by atoms with Gasteiger partial charge in [0.25, 0.3) is 0 Å². The molecular formula is C13H17Cl2N3O2S. The number of nitrogens with one attached hydrogen (secondary N) is 1. The van der Waals surface area contributed by atoms with Crippen LogP contribution >= 0.6 is 23.2 Å². The van der Waals surface area contributed by atoms with Gasteiger partial charge in [0.1, 0.15) is 11.4 Å². The number of benzene rings is 1. The van der Waals surface area contributed by atoms with Crippen molar-refractivity contribution in [2.75, 3.05) is 25.1 Å². The van der Waals surface area contributed by atoms with Crippen molar-refractivity contribution in [3.63, 3.8) is 0 Å². The summed E-state index contributed by atoms with van der Waals surface area (Å²) in [6.07, 6.45) is 1.45. The van der Waals surface area contributed by atoms with Crippen LogP contribution in [0.5, 0.6) is 0 Å². The summed E-state index contributed by atoms with van der Waals surface area (Å²) in [5.74, 6) is 0. The van der Waals surface area contributed by atoms with Gasteiger partial charge in [-0.3, -0.25) is 0 Å². The number of aliphatic hydroxyl groups is 1. The molecule has 8 heteroatoms. The fourth-order valence-corrected chi connectivity index (χ4v) is 2.97. The van der Waals surface area contributed by atoms with E-state index in [2.05, 4.69) is 21.0 Å². The molecule has 1 aromatic carbocycles. The van der Waals surface area contributed by atoms with E-state index in [1.54, 1.807) is 6.07 Å². The Hall–Kier alpha value is -0.660. The number of unbranched alkanes of at least 4 members (excludes halogenated alkanes) is 1. The van der Waals surface area contributed by atoms with Crippen molar-refractivity contribution < 1.29 is 9.84 Å². The van der Waals surface area contributed by atoms with Crippen molar-refractivity contribution in [1.29, 1.82) is 0 Å². The lowest BCUT2D eigenvalue weighted by molar-refractivity contribution is 0.0422. The monoisotopic (exact) mass is 349 g/mol. The summed E-state index contributed by atoms with van der Waals surface area (Å²) >= 11 is 13.3. The Labute approximate surface area is 137 Å². The number of hydrogen-bond donors (Lipinski definition) is 2. The van der Waals surface area contributed by atoms with Gasteiger partial charge in [-0.15, -0.1) is 0 Å². The van der Waals surface area contributed by atoms with Crippen LogP contribution in [0.4, 0.5) is 17.1 Å².